The van der Waals surface area contributed by atoms with E-state index in [1.165, 1.54) is 12.3 Å². The lowest BCUT2D eigenvalue weighted by Crippen LogP contribution is -2.23. The van der Waals surface area contributed by atoms with Crippen LogP contribution < -0.4 is 11.2 Å². The van der Waals surface area contributed by atoms with Crippen LogP contribution in [0.15, 0.2) is 27.8 Å². The van der Waals surface area contributed by atoms with Crippen LogP contribution in [0.2, 0.25) is 0 Å². The largest absolute Gasteiger partial charge is 0.375 e. The topological polar surface area (TPSA) is 93.5 Å². The number of hydrogen-bond donors (Lipinski definition) is 2. The van der Waals surface area contributed by atoms with E-state index in [1.807, 2.05) is 0 Å². The summed E-state index contributed by atoms with van der Waals surface area (Å²) in [5.74, 6) is 0. The summed E-state index contributed by atoms with van der Waals surface area (Å²) in [7, 11) is 0. The molecule has 0 fully saturated rings. The van der Waals surface area contributed by atoms with E-state index in [0.29, 0.717) is 10.0 Å². The summed E-state index contributed by atoms with van der Waals surface area (Å²) in [5, 5.41) is 14.4. The third-order valence-corrected chi connectivity index (χ3v) is 2.32. The van der Waals surface area contributed by atoms with E-state index in [4.69, 9.17) is 5.73 Å². The number of hydrogen-bond acceptors (Lipinski definition) is 4. The van der Waals surface area contributed by atoms with Gasteiger partial charge in [0.25, 0.3) is 5.69 Å². The first-order valence-electron chi connectivity index (χ1n) is 4.03. The highest BCUT2D eigenvalue weighted by atomic mass is 79.9. The number of nitrogens with zero attached hydrogens (tertiary/aromatic N) is 2. The number of benzene rings is 1. The highest BCUT2D eigenvalue weighted by Crippen LogP contribution is 2.24. The van der Waals surface area contributed by atoms with Crippen LogP contribution in [0.1, 0.15) is 5.56 Å². The Hall–Kier alpha value is -1.54. The lowest BCUT2D eigenvalue weighted by atomic mass is 10.2. The van der Waals surface area contributed by atoms with Gasteiger partial charge in [-0.1, -0.05) is 6.07 Å². The van der Waals surface area contributed by atoms with E-state index >= 15 is 0 Å². The molecule has 0 atom stereocenters. The lowest BCUT2D eigenvalue weighted by molar-refractivity contribution is -0.385. The standard InChI is InChI=1S/C8H7BrN4O2S/c9-6-2-1-5(3-7(6)13(14)15)4-11-12-8(10)16/h1-4H,(H3,10,12,16). The zero-order chi connectivity index (χ0) is 12.1. The number of nitro benzene ring substituents is 1. The molecule has 6 nitrogen and oxygen atoms in total. The number of rotatable bonds is 3. The quantitative estimate of drug-likeness (QED) is 0.382. The second kappa shape index (κ2) is 5.52. The van der Waals surface area contributed by atoms with Crippen molar-refractivity contribution < 1.29 is 4.92 Å². The predicted octanol–water partition coefficient (Wildman–Crippen LogP) is 1.52. The Balaban J connectivity index is 2.91. The van der Waals surface area contributed by atoms with E-state index < -0.39 is 4.92 Å². The molecule has 0 saturated carbocycles. The maximum absolute atomic E-state index is 10.6. The van der Waals surface area contributed by atoms with Gasteiger partial charge < -0.3 is 5.73 Å². The number of nitrogens with two attached hydrogens (primary N) is 1. The maximum Gasteiger partial charge on any atom is 0.284 e. The molecule has 0 bridgehead atoms. The van der Waals surface area contributed by atoms with Crippen LogP contribution in [-0.4, -0.2) is 16.3 Å². The summed E-state index contributed by atoms with van der Waals surface area (Å²) in [6, 6.07) is 4.62. The molecule has 0 amide bonds. The average molecular weight is 303 g/mol. The third-order valence-electron chi connectivity index (χ3n) is 1.56. The number of nitrogens with one attached hydrogen (secondary N) is 1. The van der Waals surface area contributed by atoms with Gasteiger partial charge in [0.2, 0.25) is 0 Å². The Kier molecular flexibility index (Phi) is 4.32. The molecule has 16 heavy (non-hydrogen) atoms. The van der Waals surface area contributed by atoms with Crippen LogP contribution in [0.4, 0.5) is 5.69 Å². The van der Waals surface area contributed by atoms with Crippen molar-refractivity contribution in [1.82, 2.24) is 5.43 Å². The summed E-state index contributed by atoms with van der Waals surface area (Å²) >= 11 is 7.62. The molecule has 8 heteroatoms. The SMILES string of the molecule is NC(=S)NN=Cc1ccc(Br)c([N+](=O)[O-])c1. The van der Waals surface area contributed by atoms with Crippen LogP contribution in [0.5, 0.6) is 0 Å². The first-order chi connectivity index (χ1) is 7.50. The molecule has 3 N–H and O–H groups in total. The molecule has 0 heterocycles. The van der Waals surface area contributed by atoms with Gasteiger partial charge in [-0.15, -0.1) is 0 Å². The zero-order valence-electron chi connectivity index (χ0n) is 7.88. The van der Waals surface area contributed by atoms with Crippen molar-refractivity contribution in [1.29, 1.82) is 0 Å². The summed E-state index contributed by atoms with van der Waals surface area (Å²) in [5.41, 5.74) is 8.04. The molecule has 0 aromatic heterocycles. The second-order valence-corrected chi connectivity index (χ2v) is 4.00. The van der Waals surface area contributed by atoms with Crippen LogP contribution in [0, 0.1) is 10.1 Å². The fourth-order valence-corrected chi connectivity index (χ4v) is 1.36. The van der Waals surface area contributed by atoms with E-state index in [-0.39, 0.29) is 10.8 Å². The number of hydrazone groups is 1. The first-order valence-corrected chi connectivity index (χ1v) is 5.23. The van der Waals surface area contributed by atoms with Crippen molar-refractivity contribution in [3.8, 4) is 0 Å². The normalized spacial score (nSPS) is 10.3. The van der Waals surface area contributed by atoms with Gasteiger partial charge in [0.05, 0.1) is 15.6 Å². The van der Waals surface area contributed by atoms with Crippen molar-refractivity contribution in [3.63, 3.8) is 0 Å². The molecule has 0 spiro atoms. The molecule has 0 aliphatic rings. The smallest absolute Gasteiger partial charge is 0.284 e. The van der Waals surface area contributed by atoms with Crippen molar-refractivity contribution in [2.45, 2.75) is 0 Å². The summed E-state index contributed by atoms with van der Waals surface area (Å²) in [6.45, 7) is 0. The second-order valence-electron chi connectivity index (χ2n) is 2.70. The highest BCUT2D eigenvalue weighted by Gasteiger charge is 2.11. The van der Waals surface area contributed by atoms with Gasteiger partial charge in [0, 0.05) is 11.6 Å². The van der Waals surface area contributed by atoms with Gasteiger partial charge in [-0.25, -0.2) is 0 Å². The average Bonchev–Trinajstić information content (AvgIpc) is 2.19. The van der Waals surface area contributed by atoms with E-state index in [0.717, 1.165) is 0 Å². The summed E-state index contributed by atoms with van der Waals surface area (Å²) < 4.78 is 0.414. The van der Waals surface area contributed by atoms with Gasteiger partial charge in [-0.05, 0) is 34.2 Å². The minimum absolute atomic E-state index is 0.0284. The molecule has 0 radical (unpaired) electrons. The Morgan fingerprint density at radius 2 is 2.38 bits per heavy atom. The van der Waals surface area contributed by atoms with Crippen molar-refractivity contribution in [2.75, 3.05) is 0 Å². The van der Waals surface area contributed by atoms with Crippen LogP contribution in [0.25, 0.3) is 0 Å². The van der Waals surface area contributed by atoms with Gasteiger partial charge in [0.15, 0.2) is 5.11 Å². The number of halogens is 1. The summed E-state index contributed by atoms with van der Waals surface area (Å²) in [6.07, 6.45) is 1.39. The number of nitro groups is 1. The molecule has 1 aromatic carbocycles. The van der Waals surface area contributed by atoms with Crippen LogP contribution in [0.3, 0.4) is 0 Å². The van der Waals surface area contributed by atoms with E-state index in [1.54, 1.807) is 12.1 Å². The van der Waals surface area contributed by atoms with Gasteiger partial charge >= 0.3 is 0 Å². The van der Waals surface area contributed by atoms with Crippen molar-refractivity contribution >= 4 is 45.2 Å². The van der Waals surface area contributed by atoms with E-state index in [9.17, 15) is 10.1 Å². The van der Waals surface area contributed by atoms with Crippen LogP contribution >= 0.6 is 28.1 Å². The van der Waals surface area contributed by atoms with Crippen molar-refractivity contribution in [2.24, 2.45) is 10.8 Å². The van der Waals surface area contributed by atoms with Crippen molar-refractivity contribution in [3.05, 3.63) is 38.3 Å². The Bertz CT molecular complexity index is 463. The summed E-state index contributed by atoms with van der Waals surface area (Å²) in [4.78, 5) is 10.1. The van der Waals surface area contributed by atoms with Gasteiger partial charge in [0.1, 0.15) is 0 Å². The monoisotopic (exact) mass is 302 g/mol. The molecule has 1 rings (SSSR count). The molecule has 1 aromatic rings. The lowest BCUT2D eigenvalue weighted by Gasteiger charge is -1.97. The van der Waals surface area contributed by atoms with Crippen LogP contribution in [-0.2, 0) is 0 Å². The molecule has 0 saturated heterocycles. The first kappa shape index (κ1) is 12.5. The highest BCUT2D eigenvalue weighted by molar-refractivity contribution is 9.10. The predicted molar refractivity (Wildman–Crippen MR) is 68.3 cm³/mol. The minimum Gasteiger partial charge on any atom is -0.375 e. The Morgan fingerprint density at radius 1 is 1.69 bits per heavy atom. The zero-order valence-corrected chi connectivity index (χ0v) is 10.3. The molecule has 84 valence electrons. The van der Waals surface area contributed by atoms with E-state index in [2.05, 4.69) is 38.7 Å². The molecular formula is C8H7BrN4O2S. The Morgan fingerprint density at radius 3 is 2.94 bits per heavy atom. The molecule has 0 aliphatic heterocycles. The van der Waals surface area contributed by atoms with Gasteiger partial charge in [-0.3, -0.25) is 15.5 Å². The van der Waals surface area contributed by atoms with Gasteiger partial charge in [-0.2, -0.15) is 5.10 Å². The molecular weight excluding hydrogens is 296 g/mol. The minimum atomic E-state index is -0.484. The number of thiocarbonyl (C=S) groups is 1. The fraction of sp³-hybridized carbons (Fsp3) is 0. The Labute approximate surface area is 105 Å². The molecule has 0 aliphatic carbocycles. The fourth-order valence-electron chi connectivity index (χ4n) is 0.920. The molecule has 0 unspecified atom stereocenters. The third kappa shape index (κ3) is 3.55. The maximum atomic E-state index is 10.6.